The summed E-state index contributed by atoms with van der Waals surface area (Å²) in [5.74, 6) is -0.465. The molecule has 1 unspecified atom stereocenters. The van der Waals surface area contributed by atoms with Crippen molar-refractivity contribution in [3.8, 4) is 11.5 Å². The van der Waals surface area contributed by atoms with E-state index in [1.54, 1.807) is 27.0 Å². The molecule has 0 fully saturated rings. The third-order valence-electron chi connectivity index (χ3n) is 3.78. The molecular formula is C16H21NO5. The number of nitrogens with one attached hydrogen (secondary N) is 1. The zero-order valence-corrected chi connectivity index (χ0v) is 13.0. The first-order valence-electron chi connectivity index (χ1n) is 7.25. The van der Waals surface area contributed by atoms with E-state index in [0.29, 0.717) is 12.2 Å². The van der Waals surface area contributed by atoms with Crippen LogP contribution in [0.5, 0.6) is 11.5 Å². The van der Waals surface area contributed by atoms with Gasteiger partial charge in [-0.25, -0.2) is 4.79 Å². The Morgan fingerprint density at radius 3 is 2.73 bits per heavy atom. The van der Waals surface area contributed by atoms with Crippen LogP contribution in [0.2, 0.25) is 0 Å². The quantitative estimate of drug-likeness (QED) is 0.860. The van der Waals surface area contributed by atoms with Crippen molar-refractivity contribution in [3.05, 3.63) is 23.8 Å². The predicted molar refractivity (Wildman–Crippen MR) is 80.1 cm³/mol. The van der Waals surface area contributed by atoms with Gasteiger partial charge in [-0.05, 0) is 36.1 Å². The van der Waals surface area contributed by atoms with Gasteiger partial charge < -0.3 is 19.9 Å². The van der Waals surface area contributed by atoms with Gasteiger partial charge in [-0.2, -0.15) is 0 Å². The highest BCUT2D eigenvalue weighted by Gasteiger charge is 2.30. The number of carbonyl (C=O) groups is 2. The van der Waals surface area contributed by atoms with Crippen molar-refractivity contribution in [3.63, 3.8) is 0 Å². The summed E-state index contributed by atoms with van der Waals surface area (Å²) in [6, 6.07) is 4.57. The highest BCUT2D eigenvalue weighted by molar-refractivity contribution is 5.85. The third kappa shape index (κ3) is 3.50. The molecule has 6 nitrogen and oxygen atoms in total. The standard InChI is InChI=1S/C16H21NO5/c1-9(2)14(16(19)20)17-15(18)11-6-10-7-12(21-3)4-5-13(10)22-8-11/h4-5,7,9,11,14H,6,8H2,1-3H3,(H,17,18)(H,19,20)/t11?,14-/m1/s1. The zero-order chi connectivity index (χ0) is 16.3. The predicted octanol–water partition coefficient (Wildman–Crippen LogP) is 1.47. The molecule has 0 saturated heterocycles. The summed E-state index contributed by atoms with van der Waals surface area (Å²) in [6.45, 7) is 3.77. The van der Waals surface area contributed by atoms with Gasteiger partial charge in [-0.3, -0.25) is 4.79 Å². The third-order valence-corrected chi connectivity index (χ3v) is 3.78. The molecule has 1 amide bonds. The van der Waals surface area contributed by atoms with E-state index >= 15 is 0 Å². The number of aliphatic carboxylic acids is 1. The molecule has 22 heavy (non-hydrogen) atoms. The Morgan fingerprint density at radius 2 is 2.14 bits per heavy atom. The van der Waals surface area contributed by atoms with E-state index in [1.807, 2.05) is 12.1 Å². The number of ether oxygens (including phenoxy) is 2. The first-order valence-corrected chi connectivity index (χ1v) is 7.25. The van der Waals surface area contributed by atoms with Crippen molar-refractivity contribution in [2.24, 2.45) is 11.8 Å². The molecule has 2 rings (SSSR count). The van der Waals surface area contributed by atoms with Crippen molar-refractivity contribution >= 4 is 11.9 Å². The van der Waals surface area contributed by atoms with E-state index in [1.165, 1.54) is 0 Å². The molecule has 1 aliphatic rings. The topological polar surface area (TPSA) is 84.9 Å². The molecule has 0 saturated carbocycles. The summed E-state index contributed by atoms with van der Waals surface area (Å²) >= 11 is 0. The molecule has 1 heterocycles. The Bertz CT molecular complexity index is 570. The maximum atomic E-state index is 12.3. The van der Waals surface area contributed by atoms with E-state index < -0.39 is 17.9 Å². The van der Waals surface area contributed by atoms with Crippen LogP contribution >= 0.6 is 0 Å². The van der Waals surface area contributed by atoms with Crippen molar-refractivity contribution < 1.29 is 24.2 Å². The highest BCUT2D eigenvalue weighted by Crippen LogP contribution is 2.30. The Hall–Kier alpha value is -2.24. The van der Waals surface area contributed by atoms with E-state index in [-0.39, 0.29) is 18.4 Å². The molecule has 0 aromatic heterocycles. The molecule has 2 atom stereocenters. The molecule has 0 aliphatic carbocycles. The lowest BCUT2D eigenvalue weighted by Gasteiger charge is -2.27. The van der Waals surface area contributed by atoms with Gasteiger partial charge in [0.25, 0.3) is 0 Å². The van der Waals surface area contributed by atoms with Crippen LogP contribution in [0.25, 0.3) is 0 Å². The minimum absolute atomic E-state index is 0.182. The van der Waals surface area contributed by atoms with E-state index in [2.05, 4.69) is 5.32 Å². The van der Waals surface area contributed by atoms with Crippen molar-refractivity contribution in [2.75, 3.05) is 13.7 Å². The largest absolute Gasteiger partial charge is 0.497 e. The van der Waals surface area contributed by atoms with Crippen LogP contribution in [0.3, 0.4) is 0 Å². The van der Waals surface area contributed by atoms with Crippen LogP contribution in [0.4, 0.5) is 0 Å². The summed E-state index contributed by atoms with van der Waals surface area (Å²) < 4.78 is 10.8. The summed E-state index contributed by atoms with van der Waals surface area (Å²) in [5, 5.41) is 11.7. The smallest absolute Gasteiger partial charge is 0.326 e. The first kappa shape index (κ1) is 16.1. The molecule has 0 spiro atoms. The van der Waals surface area contributed by atoms with Gasteiger partial charge in [0.2, 0.25) is 5.91 Å². The summed E-state index contributed by atoms with van der Waals surface area (Å²) in [5.41, 5.74) is 0.891. The first-order chi connectivity index (χ1) is 10.4. The fraction of sp³-hybridized carbons (Fsp3) is 0.500. The average Bonchev–Trinajstić information content (AvgIpc) is 2.50. The molecule has 1 aromatic carbocycles. The lowest BCUT2D eigenvalue weighted by atomic mass is 9.94. The summed E-state index contributed by atoms with van der Waals surface area (Å²) in [4.78, 5) is 23.5. The molecule has 1 aromatic rings. The molecule has 0 bridgehead atoms. The van der Waals surface area contributed by atoms with Crippen molar-refractivity contribution in [2.45, 2.75) is 26.3 Å². The summed E-state index contributed by atoms with van der Waals surface area (Å²) in [6.07, 6.45) is 0.503. The molecule has 2 N–H and O–H groups in total. The lowest BCUT2D eigenvalue weighted by molar-refractivity contribution is -0.144. The second kappa shape index (κ2) is 6.68. The maximum Gasteiger partial charge on any atom is 0.326 e. The van der Waals surface area contributed by atoms with Gasteiger partial charge in [-0.15, -0.1) is 0 Å². The number of hydrogen-bond donors (Lipinski definition) is 2. The minimum atomic E-state index is -1.03. The van der Waals surface area contributed by atoms with Crippen molar-refractivity contribution in [1.82, 2.24) is 5.32 Å². The molecule has 120 valence electrons. The van der Waals surface area contributed by atoms with Crippen LogP contribution in [-0.2, 0) is 16.0 Å². The van der Waals surface area contributed by atoms with Gasteiger partial charge >= 0.3 is 5.97 Å². The van der Waals surface area contributed by atoms with Gasteiger partial charge in [-0.1, -0.05) is 13.8 Å². The van der Waals surface area contributed by atoms with Gasteiger partial charge in [0.15, 0.2) is 0 Å². The van der Waals surface area contributed by atoms with Crippen molar-refractivity contribution in [1.29, 1.82) is 0 Å². The van der Waals surface area contributed by atoms with Gasteiger partial charge in [0, 0.05) is 0 Å². The number of carboxylic acids is 1. The number of carboxylic acid groups (broad SMARTS) is 1. The Morgan fingerprint density at radius 1 is 1.41 bits per heavy atom. The number of fused-ring (bicyclic) bond motifs is 1. The van der Waals surface area contributed by atoms with Gasteiger partial charge in [0.1, 0.15) is 24.1 Å². The minimum Gasteiger partial charge on any atom is -0.497 e. The lowest BCUT2D eigenvalue weighted by Crippen LogP contribution is -2.48. The number of rotatable bonds is 5. The van der Waals surface area contributed by atoms with Crippen LogP contribution in [-0.4, -0.2) is 36.7 Å². The number of benzene rings is 1. The Labute approximate surface area is 129 Å². The van der Waals surface area contributed by atoms with Crippen LogP contribution in [0.15, 0.2) is 18.2 Å². The SMILES string of the molecule is COc1ccc2c(c1)CC(C(=O)N[C@@H](C(=O)O)C(C)C)CO2. The highest BCUT2D eigenvalue weighted by atomic mass is 16.5. The van der Waals surface area contributed by atoms with Crippen LogP contribution in [0.1, 0.15) is 19.4 Å². The fourth-order valence-corrected chi connectivity index (χ4v) is 2.45. The molecule has 1 aliphatic heterocycles. The second-order valence-corrected chi connectivity index (χ2v) is 5.75. The normalized spacial score (nSPS) is 18.1. The van der Waals surface area contributed by atoms with E-state index in [0.717, 1.165) is 11.3 Å². The fourth-order valence-electron chi connectivity index (χ4n) is 2.45. The van der Waals surface area contributed by atoms with Crippen LogP contribution < -0.4 is 14.8 Å². The number of amides is 1. The summed E-state index contributed by atoms with van der Waals surface area (Å²) in [7, 11) is 1.58. The maximum absolute atomic E-state index is 12.3. The number of carbonyl (C=O) groups excluding carboxylic acids is 1. The van der Waals surface area contributed by atoms with Crippen LogP contribution in [0, 0.1) is 11.8 Å². The monoisotopic (exact) mass is 307 g/mol. The zero-order valence-electron chi connectivity index (χ0n) is 13.0. The van der Waals surface area contributed by atoms with Gasteiger partial charge in [0.05, 0.1) is 13.0 Å². The van der Waals surface area contributed by atoms with E-state index in [9.17, 15) is 9.59 Å². The Kier molecular flexibility index (Phi) is 4.90. The molecule has 0 radical (unpaired) electrons. The number of hydrogen-bond acceptors (Lipinski definition) is 4. The average molecular weight is 307 g/mol. The second-order valence-electron chi connectivity index (χ2n) is 5.75. The Balaban J connectivity index is 2.07. The van der Waals surface area contributed by atoms with E-state index in [4.69, 9.17) is 14.6 Å². The molecular weight excluding hydrogens is 286 g/mol. The molecule has 6 heteroatoms. The number of methoxy groups -OCH3 is 1.